The second kappa shape index (κ2) is 5.09. The van der Waals surface area contributed by atoms with Crippen LogP contribution in [0, 0.1) is 6.92 Å². The summed E-state index contributed by atoms with van der Waals surface area (Å²) in [4.78, 5) is 2.34. The maximum absolute atomic E-state index is 5.53. The van der Waals surface area contributed by atoms with Gasteiger partial charge in [-0.25, -0.2) is 0 Å². The summed E-state index contributed by atoms with van der Waals surface area (Å²) in [5.74, 6) is 3.40. The molecule has 0 bridgehead atoms. The van der Waals surface area contributed by atoms with Gasteiger partial charge < -0.3 is 14.4 Å². The van der Waals surface area contributed by atoms with Crippen molar-refractivity contribution in [3.8, 4) is 11.5 Å². The molecule has 2 aromatic heterocycles. The van der Waals surface area contributed by atoms with Crippen LogP contribution < -0.4 is 14.4 Å². The standard InChI is InChI=1S/C17H17N5O2/c1-11-18-19-16-6-7-17(20-22(11)16)21-8-2-3-13(21)12-4-5-14-15(9-12)24-10-23-14/h4-7,9,13H,2-3,8,10H2,1H3/t13-/m1/s1. The van der Waals surface area contributed by atoms with Gasteiger partial charge in [-0.1, -0.05) is 6.07 Å². The Balaban J connectivity index is 1.53. The number of hydrogen-bond donors (Lipinski definition) is 0. The number of aryl methyl sites for hydroxylation is 1. The van der Waals surface area contributed by atoms with E-state index < -0.39 is 0 Å². The third-order valence-corrected chi connectivity index (χ3v) is 4.73. The Morgan fingerprint density at radius 1 is 1.08 bits per heavy atom. The minimum absolute atomic E-state index is 0.293. The molecule has 24 heavy (non-hydrogen) atoms. The molecule has 7 heteroatoms. The number of ether oxygens (including phenoxy) is 2. The van der Waals surface area contributed by atoms with Crippen molar-refractivity contribution >= 4 is 11.5 Å². The highest BCUT2D eigenvalue weighted by Crippen LogP contribution is 2.40. The monoisotopic (exact) mass is 323 g/mol. The van der Waals surface area contributed by atoms with Gasteiger partial charge in [-0.2, -0.15) is 4.52 Å². The molecule has 5 rings (SSSR count). The van der Waals surface area contributed by atoms with Crippen LogP contribution in [0.1, 0.15) is 30.3 Å². The Kier molecular flexibility index (Phi) is 2.88. The minimum Gasteiger partial charge on any atom is -0.454 e. The zero-order valence-electron chi connectivity index (χ0n) is 13.3. The summed E-state index contributed by atoms with van der Waals surface area (Å²) >= 11 is 0. The lowest BCUT2D eigenvalue weighted by Crippen LogP contribution is -2.24. The molecule has 4 heterocycles. The van der Waals surface area contributed by atoms with E-state index in [1.165, 1.54) is 5.56 Å². The summed E-state index contributed by atoms with van der Waals surface area (Å²) < 4.78 is 12.7. The molecule has 2 aliphatic rings. The van der Waals surface area contributed by atoms with E-state index in [0.717, 1.165) is 48.2 Å². The van der Waals surface area contributed by atoms with Crippen LogP contribution in [0.2, 0.25) is 0 Å². The Labute approximate surface area is 138 Å². The van der Waals surface area contributed by atoms with Gasteiger partial charge in [0.25, 0.3) is 0 Å². The number of aromatic nitrogens is 4. The third kappa shape index (κ3) is 2.01. The molecular formula is C17H17N5O2. The smallest absolute Gasteiger partial charge is 0.231 e. The van der Waals surface area contributed by atoms with E-state index in [9.17, 15) is 0 Å². The number of rotatable bonds is 2. The SMILES string of the molecule is Cc1nnc2ccc(N3CCC[C@@H]3c3ccc4c(c3)OCO4)nn12. The number of benzene rings is 1. The summed E-state index contributed by atoms with van der Waals surface area (Å²) in [6.07, 6.45) is 2.24. The topological polar surface area (TPSA) is 64.8 Å². The van der Waals surface area contributed by atoms with E-state index in [4.69, 9.17) is 14.6 Å². The molecule has 3 aromatic rings. The Morgan fingerprint density at radius 2 is 2.00 bits per heavy atom. The molecule has 0 amide bonds. The van der Waals surface area contributed by atoms with E-state index in [1.54, 1.807) is 4.52 Å². The predicted octanol–water partition coefficient (Wildman–Crippen LogP) is 2.50. The quantitative estimate of drug-likeness (QED) is 0.722. The van der Waals surface area contributed by atoms with Crippen LogP contribution in [0.4, 0.5) is 5.82 Å². The molecule has 122 valence electrons. The van der Waals surface area contributed by atoms with Crippen molar-refractivity contribution in [2.75, 3.05) is 18.2 Å². The molecule has 2 aliphatic heterocycles. The number of nitrogens with zero attached hydrogens (tertiary/aromatic N) is 5. The molecule has 0 radical (unpaired) electrons. The third-order valence-electron chi connectivity index (χ3n) is 4.73. The van der Waals surface area contributed by atoms with Crippen molar-refractivity contribution in [2.45, 2.75) is 25.8 Å². The van der Waals surface area contributed by atoms with Crippen LogP contribution in [-0.2, 0) is 0 Å². The molecule has 0 aliphatic carbocycles. The van der Waals surface area contributed by atoms with E-state index in [0.29, 0.717) is 12.8 Å². The fraction of sp³-hybridized carbons (Fsp3) is 0.353. The highest BCUT2D eigenvalue weighted by atomic mass is 16.7. The second-order valence-corrected chi connectivity index (χ2v) is 6.17. The van der Waals surface area contributed by atoms with Crippen LogP contribution in [0.3, 0.4) is 0 Å². The first-order valence-electron chi connectivity index (χ1n) is 8.15. The Morgan fingerprint density at radius 3 is 2.96 bits per heavy atom. The average molecular weight is 323 g/mol. The van der Waals surface area contributed by atoms with Gasteiger partial charge in [-0.05, 0) is 49.6 Å². The van der Waals surface area contributed by atoms with Crippen molar-refractivity contribution in [1.82, 2.24) is 19.8 Å². The van der Waals surface area contributed by atoms with Crippen molar-refractivity contribution < 1.29 is 9.47 Å². The van der Waals surface area contributed by atoms with E-state index >= 15 is 0 Å². The molecule has 0 saturated carbocycles. The summed E-state index contributed by atoms with van der Waals surface area (Å²) in [5.41, 5.74) is 2.01. The van der Waals surface area contributed by atoms with E-state index in [1.807, 2.05) is 25.1 Å². The van der Waals surface area contributed by atoms with Crippen LogP contribution in [-0.4, -0.2) is 33.1 Å². The molecule has 0 unspecified atom stereocenters. The van der Waals surface area contributed by atoms with Crippen LogP contribution >= 0.6 is 0 Å². The summed E-state index contributed by atoms with van der Waals surface area (Å²) in [7, 11) is 0. The van der Waals surface area contributed by atoms with Gasteiger partial charge in [0.2, 0.25) is 6.79 Å². The molecule has 1 atom stereocenters. The Hall–Kier alpha value is -2.83. The fourth-order valence-electron chi connectivity index (χ4n) is 3.55. The van der Waals surface area contributed by atoms with Crippen LogP contribution in [0.25, 0.3) is 5.65 Å². The normalized spacial score (nSPS) is 19.4. The maximum atomic E-state index is 5.53. The first kappa shape index (κ1) is 13.6. The molecule has 1 aromatic carbocycles. The highest BCUT2D eigenvalue weighted by molar-refractivity contribution is 5.51. The maximum Gasteiger partial charge on any atom is 0.231 e. The summed E-state index contributed by atoms with van der Waals surface area (Å²) in [5, 5.41) is 12.9. The first-order chi connectivity index (χ1) is 11.8. The minimum atomic E-state index is 0.293. The van der Waals surface area contributed by atoms with Gasteiger partial charge in [0, 0.05) is 6.54 Å². The molecule has 1 fully saturated rings. The lowest BCUT2D eigenvalue weighted by atomic mass is 10.0. The number of fused-ring (bicyclic) bond motifs is 2. The lowest BCUT2D eigenvalue weighted by molar-refractivity contribution is 0.174. The molecular weight excluding hydrogens is 306 g/mol. The second-order valence-electron chi connectivity index (χ2n) is 6.17. The molecule has 0 N–H and O–H groups in total. The molecule has 7 nitrogen and oxygen atoms in total. The van der Waals surface area contributed by atoms with Crippen LogP contribution in [0.15, 0.2) is 30.3 Å². The van der Waals surface area contributed by atoms with Gasteiger partial charge in [-0.15, -0.1) is 15.3 Å². The lowest BCUT2D eigenvalue weighted by Gasteiger charge is -2.26. The van der Waals surface area contributed by atoms with Gasteiger partial charge in [-0.3, -0.25) is 0 Å². The fourth-order valence-corrected chi connectivity index (χ4v) is 3.55. The van der Waals surface area contributed by atoms with Crippen molar-refractivity contribution in [1.29, 1.82) is 0 Å². The van der Waals surface area contributed by atoms with Crippen molar-refractivity contribution in [2.24, 2.45) is 0 Å². The summed E-state index contributed by atoms with van der Waals surface area (Å²) in [6, 6.07) is 10.5. The number of anilines is 1. The van der Waals surface area contributed by atoms with Crippen molar-refractivity contribution in [3.63, 3.8) is 0 Å². The van der Waals surface area contributed by atoms with Gasteiger partial charge >= 0.3 is 0 Å². The van der Waals surface area contributed by atoms with Crippen LogP contribution in [0.5, 0.6) is 11.5 Å². The number of hydrogen-bond acceptors (Lipinski definition) is 6. The average Bonchev–Trinajstić information content (AvgIpc) is 3.33. The van der Waals surface area contributed by atoms with Crippen molar-refractivity contribution in [3.05, 3.63) is 41.7 Å². The predicted molar refractivity (Wildman–Crippen MR) is 87.4 cm³/mol. The molecule has 1 saturated heterocycles. The molecule has 0 spiro atoms. The zero-order valence-corrected chi connectivity index (χ0v) is 13.3. The summed E-state index contributed by atoms with van der Waals surface area (Å²) in [6.45, 7) is 3.20. The Bertz CT molecular complexity index is 922. The highest BCUT2D eigenvalue weighted by Gasteiger charge is 2.29. The van der Waals surface area contributed by atoms with E-state index in [-0.39, 0.29) is 0 Å². The zero-order chi connectivity index (χ0) is 16.1. The first-order valence-corrected chi connectivity index (χ1v) is 8.15. The van der Waals surface area contributed by atoms with Gasteiger partial charge in [0.15, 0.2) is 23.0 Å². The van der Waals surface area contributed by atoms with E-state index in [2.05, 4.69) is 27.2 Å². The largest absolute Gasteiger partial charge is 0.454 e. The van der Waals surface area contributed by atoms with Gasteiger partial charge in [0.05, 0.1) is 6.04 Å². The van der Waals surface area contributed by atoms with Gasteiger partial charge in [0.1, 0.15) is 5.82 Å².